The largest absolute Gasteiger partial charge is 0.338 e. The SMILES string of the molecule is O=C(CN1CC[C@@](CC(F)F)(C(=O)Nc2ccc3[nH]nc(-c4ccnc(C5CC5)c4)c3c2)C1)N1CC=C(c2ccc(-c3ncccn3)cc2)CC1. The molecule has 51 heavy (non-hydrogen) atoms. The van der Waals surface area contributed by atoms with E-state index < -0.39 is 24.2 Å². The van der Waals surface area contributed by atoms with E-state index >= 15 is 0 Å². The minimum Gasteiger partial charge on any atom is -0.338 e. The first-order valence-electron chi connectivity index (χ1n) is 17.4. The highest BCUT2D eigenvalue weighted by Crippen LogP contribution is 2.41. The average molecular weight is 689 g/mol. The molecule has 0 bridgehead atoms. The lowest BCUT2D eigenvalue weighted by atomic mass is 9.82. The van der Waals surface area contributed by atoms with Crippen LogP contribution in [0.25, 0.3) is 39.1 Å². The summed E-state index contributed by atoms with van der Waals surface area (Å²) in [5, 5.41) is 11.3. The number of pyridine rings is 1. The Kier molecular flexibility index (Phi) is 8.85. The number of carbonyl (C=O) groups is 2. The molecule has 3 aromatic heterocycles. The highest BCUT2D eigenvalue weighted by Gasteiger charge is 2.47. The van der Waals surface area contributed by atoms with Gasteiger partial charge in [-0.1, -0.05) is 30.3 Å². The van der Waals surface area contributed by atoms with Crippen molar-refractivity contribution < 1.29 is 18.4 Å². The van der Waals surface area contributed by atoms with Crippen molar-refractivity contribution in [1.29, 1.82) is 0 Å². The van der Waals surface area contributed by atoms with Crippen LogP contribution < -0.4 is 5.32 Å². The van der Waals surface area contributed by atoms with Crippen molar-refractivity contribution in [2.24, 2.45) is 5.41 Å². The van der Waals surface area contributed by atoms with E-state index in [1.54, 1.807) is 35.6 Å². The Morgan fingerprint density at radius 3 is 2.49 bits per heavy atom. The number of amides is 2. The van der Waals surface area contributed by atoms with Crippen molar-refractivity contribution in [3.05, 3.63) is 96.6 Å². The van der Waals surface area contributed by atoms with E-state index in [1.165, 1.54) is 0 Å². The van der Waals surface area contributed by atoms with Crippen LogP contribution in [0.2, 0.25) is 0 Å². The molecule has 3 aliphatic rings. The lowest BCUT2D eigenvalue weighted by molar-refractivity contribution is -0.133. The van der Waals surface area contributed by atoms with Crippen LogP contribution in [0, 0.1) is 5.41 Å². The van der Waals surface area contributed by atoms with Crippen molar-refractivity contribution in [2.75, 3.05) is 38.0 Å². The molecule has 8 rings (SSSR count). The fourth-order valence-electron chi connectivity index (χ4n) is 7.34. The topological polar surface area (TPSA) is 120 Å². The number of alkyl halides is 2. The van der Waals surface area contributed by atoms with Crippen molar-refractivity contribution >= 4 is 34.0 Å². The quantitative estimate of drug-likeness (QED) is 0.171. The number of aromatic nitrogens is 5. The molecule has 1 saturated heterocycles. The van der Waals surface area contributed by atoms with Gasteiger partial charge in [-0.25, -0.2) is 18.7 Å². The van der Waals surface area contributed by atoms with Crippen LogP contribution in [0.5, 0.6) is 0 Å². The number of carbonyl (C=O) groups excluding carboxylic acids is 2. The highest BCUT2D eigenvalue weighted by molar-refractivity contribution is 6.00. The van der Waals surface area contributed by atoms with Crippen LogP contribution in [0.15, 0.2) is 85.3 Å². The molecule has 2 N–H and O–H groups in total. The number of rotatable bonds is 10. The summed E-state index contributed by atoms with van der Waals surface area (Å²) in [4.78, 5) is 43.9. The van der Waals surface area contributed by atoms with Gasteiger partial charge in [0.15, 0.2) is 5.82 Å². The Hall–Kier alpha value is -5.36. The molecule has 0 radical (unpaired) electrons. The first-order chi connectivity index (χ1) is 24.8. The summed E-state index contributed by atoms with van der Waals surface area (Å²) in [7, 11) is 0. The van der Waals surface area contributed by atoms with Gasteiger partial charge >= 0.3 is 0 Å². The average Bonchev–Trinajstić information content (AvgIpc) is 3.81. The molecular weight excluding hydrogens is 650 g/mol. The zero-order chi connectivity index (χ0) is 35.0. The van der Waals surface area contributed by atoms with Gasteiger partial charge in [0.2, 0.25) is 18.2 Å². The molecule has 12 heteroatoms. The number of aromatic amines is 1. The van der Waals surface area contributed by atoms with E-state index in [0.29, 0.717) is 43.5 Å². The van der Waals surface area contributed by atoms with Crippen molar-refractivity contribution in [3.63, 3.8) is 0 Å². The van der Waals surface area contributed by atoms with Crippen LogP contribution >= 0.6 is 0 Å². The van der Waals surface area contributed by atoms with Crippen molar-refractivity contribution in [3.8, 4) is 22.6 Å². The van der Waals surface area contributed by atoms with Gasteiger partial charge < -0.3 is 10.2 Å². The van der Waals surface area contributed by atoms with E-state index in [1.807, 2.05) is 47.4 Å². The minimum absolute atomic E-state index is 0.0750. The second-order valence-electron chi connectivity index (χ2n) is 13.8. The first-order valence-corrected chi connectivity index (χ1v) is 17.4. The summed E-state index contributed by atoms with van der Waals surface area (Å²) in [6.07, 6.45) is 7.27. The van der Waals surface area contributed by atoms with Gasteiger partial charge in [0.05, 0.1) is 17.5 Å². The lowest BCUT2D eigenvalue weighted by Crippen LogP contribution is -2.44. The number of nitrogens with zero attached hydrogens (tertiary/aromatic N) is 6. The predicted molar refractivity (Wildman–Crippen MR) is 191 cm³/mol. The number of H-pyrrole nitrogens is 1. The molecule has 2 aliphatic heterocycles. The van der Waals surface area contributed by atoms with Gasteiger partial charge in [-0.3, -0.25) is 24.6 Å². The fraction of sp³-hybridized carbons (Fsp3) is 0.333. The molecule has 1 aliphatic carbocycles. The van der Waals surface area contributed by atoms with Crippen LogP contribution in [0.3, 0.4) is 0 Å². The second-order valence-corrected chi connectivity index (χ2v) is 13.8. The molecule has 0 unspecified atom stereocenters. The van der Waals surface area contributed by atoms with Crippen LogP contribution in [-0.2, 0) is 9.59 Å². The Balaban J connectivity index is 0.912. The molecule has 0 spiro atoms. The summed E-state index contributed by atoms with van der Waals surface area (Å²) < 4.78 is 28.0. The zero-order valence-electron chi connectivity index (χ0n) is 28.1. The second kappa shape index (κ2) is 13.7. The number of likely N-dealkylation sites (tertiary alicyclic amines) is 1. The van der Waals surface area contributed by atoms with Gasteiger partial charge in [-0.2, -0.15) is 5.10 Å². The van der Waals surface area contributed by atoms with E-state index in [-0.39, 0.29) is 25.4 Å². The normalized spacial score (nSPS) is 19.4. The van der Waals surface area contributed by atoms with E-state index in [9.17, 15) is 18.4 Å². The smallest absolute Gasteiger partial charge is 0.239 e. The fourth-order valence-corrected chi connectivity index (χ4v) is 7.34. The van der Waals surface area contributed by atoms with E-state index in [0.717, 1.165) is 57.4 Å². The molecule has 2 fully saturated rings. The maximum Gasteiger partial charge on any atom is 0.239 e. The number of hydrogen-bond acceptors (Lipinski definition) is 7. The summed E-state index contributed by atoms with van der Waals surface area (Å²) in [5.74, 6) is 0.628. The summed E-state index contributed by atoms with van der Waals surface area (Å²) in [6, 6.07) is 19.3. The van der Waals surface area contributed by atoms with E-state index in [2.05, 4.69) is 42.6 Å². The summed E-state index contributed by atoms with van der Waals surface area (Å²) in [5.41, 5.74) is 5.91. The monoisotopic (exact) mass is 688 g/mol. The Labute approximate surface area is 294 Å². The molecular formula is C39H38F2N8O2. The molecule has 1 saturated carbocycles. The number of halogens is 2. The van der Waals surface area contributed by atoms with Crippen LogP contribution in [-0.4, -0.2) is 85.9 Å². The van der Waals surface area contributed by atoms with Gasteiger partial charge in [-0.05, 0) is 79.8 Å². The standard InChI is InChI=1S/C39H38F2N8O2/c40-34(41)22-39(38(51)45-30-8-9-32-31(21-30)36(47-46-32)29-10-16-42-33(20-29)27-4-5-27)13-19-48(24-39)23-35(50)49-17-11-26(12-18-49)25-2-6-28(7-3-25)37-43-14-1-15-44-37/h1-3,6-11,14-16,20-21,27,34H,4-5,12-13,17-19,22-24H2,(H,45,51)(H,46,47)/t39-/m0/s1. The summed E-state index contributed by atoms with van der Waals surface area (Å²) in [6.45, 7) is 1.57. The number of nitrogens with one attached hydrogen (secondary N) is 2. The third-order valence-electron chi connectivity index (χ3n) is 10.3. The maximum absolute atomic E-state index is 14.0. The predicted octanol–water partition coefficient (Wildman–Crippen LogP) is 6.56. The molecule has 10 nitrogen and oxygen atoms in total. The lowest BCUT2D eigenvalue weighted by Gasteiger charge is -2.30. The third-order valence-corrected chi connectivity index (χ3v) is 10.3. The van der Waals surface area contributed by atoms with Gasteiger partial charge in [0.25, 0.3) is 0 Å². The number of anilines is 1. The van der Waals surface area contributed by atoms with Crippen molar-refractivity contribution in [1.82, 2.24) is 34.9 Å². The summed E-state index contributed by atoms with van der Waals surface area (Å²) >= 11 is 0. The van der Waals surface area contributed by atoms with Crippen molar-refractivity contribution in [2.45, 2.75) is 44.4 Å². The van der Waals surface area contributed by atoms with Gasteiger partial charge in [-0.15, -0.1) is 0 Å². The Bertz CT molecular complexity index is 2100. The molecule has 260 valence electrons. The molecule has 5 heterocycles. The van der Waals surface area contributed by atoms with Gasteiger partial charge in [0, 0.05) is 78.5 Å². The molecule has 1 atom stereocenters. The molecule has 5 aromatic rings. The van der Waals surface area contributed by atoms with E-state index in [4.69, 9.17) is 0 Å². The number of benzene rings is 2. The highest BCUT2D eigenvalue weighted by atomic mass is 19.3. The third kappa shape index (κ3) is 7.01. The minimum atomic E-state index is -2.67. The number of hydrogen-bond donors (Lipinski definition) is 2. The van der Waals surface area contributed by atoms with Gasteiger partial charge in [0.1, 0.15) is 5.69 Å². The van der Waals surface area contributed by atoms with Crippen LogP contribution in [0.1, 0.15) is 49.3 Å². The maximum atomic E-state index is 14.0. The first kappa shape index (κ1) is 32.8. The van der Waals surface area contributed by atoms with Crippen LogP contribution in [0.4, 0.5) is 14.5 Å². The molecule has 2 aromatic carbocycles. The Morgan fingerprint density at radius 1 is 0.941 bits per heavy atom. The Morgan fingerprint density at radius 2 is 1.75 bits per heavy atom. The molecule has 2 amide bonds. The zero-order valence-corrected chi connectivity index (χ0v) is 28.1. The number of fused-ring (bicyclic) bond motifs is 1.